The Labute approximate surface area is 75.8 Å². The van der Waals surface area contributed by atoms with E-state index in [0.717, 1.165) is 12.1 Å². The summed E-state index contributed by atoms with van der Waals surface area (Å²) in [5.41, 5.74) is 1.35. The number of aryl methyl sites for hydroxylation is 1. The summed E-state index contributed by atoms with van der Waals surface area (Å²) in [4.78, 5) is 18.4. The third-order valence-corrected chi connectivity index (χ3v) is 1.94. The third kappa shape index (κ3) is 1.45. The normalized spacial score (nSPS) is 13.9. The van der Waals surface area contributed by atoms with Crippen LogP contribution < -0.4 is 5.56 Å². The van der Waals surface area contributed by atoms with E-state index in [2.05, 4.69) is 9.97 Å². The van der Waals surface area contributed by atoms with Crippen molar-refractivity contribution in [1.82, 2.24) is 9.97 Å². The number of aromatic amines is 1. The Hall–Kier alpha value is -1.64. The van der Waals surface area contributed by atoms with Gasteiger partial charge in [-0.1, -0.05) is 18.2 Å². The summed E-state index contributed by atoms with van der Waals surface area (Å²) in [7, 11) is 0. The molecule has 0 spiro atoms. The molecular formula is C10H10N2O. The molecule has 0 aromatic carbocycles. The molecule has 0 saturated carbocycles. The van der Waals surface area contributed by atoms with Crippen molar-refractivity contribution < 1.29 is 0 Å². The third-order valence-electron chi connectivity index (χ3n) is 1.94. The Bertz CT molecular complexity index is 441. The van der Waals surface area contributed by atoms with E-state index >= 15 is 0 Å². The molecule has 66 valence electrons. The van der Waals surface area contributed by atoms with Gasteiger partial charge < -0.3 is 4.98 Å². The van der Waals surface area contributed by atoms with Gasteiger partial charge in [-0.25, -0.2) is 4.98 Å². The maximum Gasteiger partial charge on any atom is 0.258 e. The smallest absolute Gasteiger partial charge is 0.258 e. The molecule has 1 aliphatic rings. The van der Waals surface area contributed by atoms with Crippen molar-refractivity contribution in [3.05, 3.63) is 39.6 Å². The number of fused-ring (bicyclic) bond motifs is 1. The van der Waals surface area contributed by atoms with Gasteiger partial charge in [-0.05, 0) is 19.4 Å². The number of aromatic nitrogens is 2. The van der Waals surface area contributed by atoms with Crippen LogP contribution in [-0.2, 0) is 0 Å². The second-order valence-electron chi connectivity index (χ2n) is 2.99. The van der Waals surface area contributed by atoms with Crippen LogP contribution in [0.15, 0.2) is 16.9 Å². The van der Waals surface area contributed by atoms with E-state index in [9.17, 15) is 4.79 Å². The lowest BCUT2D eigenvalue weighted by Crippen LogP contribution is -2.14. The number of nitrogens with one attached hydrogen (secondary N) is 1. The molecule has 3 heteroatoms. The van der Waals surface area contributed by atoms with Gasteiger partial charge in [0.2, 0.25) is 0 Å². The van der Waals surface area contributed by atoms with Crippen LogP contribution in [0.25, 0.3) is 12.2 Å². The molecule has 3 nitrogen and oxygen atoms in total. The first-order valence-corrected chi connectivity index (χ1v) is 4.21. The van der Waals surface area contributed by atoms with Gasteiger partial charge in [-0.3, -0.25) is 4.79 Å². The molecule has 0 bridgehead atoms. The Morgan fingerprint density at radius 3 is 3.00 bits per heavy atom. The van der Waals surface area contributed by atoms with Gasteiger partial charge in [-0.2, -0.15) is 0 Å². The highest BCUT2D eigenvalue weighted by Crippen LogP contribution is 2.10. The Balaban J connectivity index is 2.74. The molecule has 13 heavy (non-hydrogen) atoms. The summed E-state index contributed by atoms with van der Waals surface area (Å²) < 4.78 is 0. The fourth-order valence-electron chi connectivity index (χ4n) is 1.35. The molecule has 0 amide bonds. The van der Waals surface area contributed by atoms with Gasteiger partial charge in [-0.15, -0.1) is 0 Å². The van der Waals surface area contributed by atoms with E-state index in [1.165, 1.54) is 0 Å². The number of rotatable bonds is 0. The number of hydrogen-bond acceptors (Lipinski definition) is 2. The lowest BCUT2D eigenvalue weighted by Gasteiger charge is -1.99. The predicted molar refractivity (Wildman–Crippen MR) is 52.3 cm³/mol. The maximum absolute atomic E-state index is 11.5. The van der Waals surface area contributed by atoms with Crippen LogP contribution in [0, 0.1) is 6.92 Å². The first-order valence-electron chi connectivity index (χ1n) is 4.21. The van der Waals surface area contributed by atoms with Crippen LogP contribution in [0.4, 0.5) is 0 Å². The Morgan fingerprint density at radius 1 is 1.38 bits per heavy atom. The van der Waals surface area contributed by atoms with E-state index in [-0.39, 0.29) is 5.56 Å². The van der Waals surface area contributed by atoms with Crippen LogP contribution in [0.3, 0.4) is 0 Å². The molecule has 1 heterocycles. The molecule has 0 fully saturated rings. The quantitative estimate of drug-likeness (QED) is 0.648. The highest BCUT2D eigenvalue weighted by Gasteiger charge is 2.05. The van der Waals surface area contributed by atoms with Crippen molar-refractivity contribution in [2.45, 2.75) is 13.3 Å². The van der Waals surface area contributed by atoms with Gasteiger partial charge in [0.05, 0.1) is 11.3 Å². The van der Waals surface area contributed by atoms with Crippen molar-refractivity contribution in [3.8, 4) is 0 Å². The molecule has 0 unspecified atom stereocenters. The van der Waals surface area contributed by atoms with E-state index in [1.54, 1.807) is 6.92 Å². The van der Waals surface area contributed by atoms with Crippen LogP contribution in [0.1, 0.15) is 23.5 Å². The van der Waals surface area contributed by atoms with Crippen molar-refractivity contribution in [2.75, 3.05) is 0 Å². The van der Waals surface area contributed by atoms with E-state index < -0.39 is 0 Å². The minimum atomic E-state index is -0.0645. The highest BCUT2D eigenvalue weighted by atomic mass is 16.1. The fourth-order valence-corrected chi connectivity index (χ4v) is 1.35. The molecule has 1 aromatic heterocycles. The van der Waals surface area contributed by atoms with E-state index in [4.69, 9.17) is 0 Å². The topological polar surface area (TPSA) is 45.8 Å². The van der Waals surface area contributed by atoms with E-state index in [0.29, 0.717) is 11.4 Å². The lowest BCUT2D eigenvalue weighted by atomic mass is 10.2. The summed E-state index contributed by atoms with van der Waals surface area (Å²) in [6.45, 7) is 1.78. The monoisotopic (exact) mass is 174 g/mol. The number of H-pyrrole nitrogens is 1. The lowest BCUT2D eigenvalue weighted by molar-refractivity contribution is 1.00. The summed E-state index contributed by atoms with van der Waals surface area (Å²) in [5, 5.41) is 0. The molecular weight excluding hydrogens is 164 g/mol. The molecule has 1 N–H and O–H groups in total. The SMILES string of the molecule is Cc1nc2c(c(=O)[nH]1)C=CCC=C2. The van der Waals surface area contributed by atoms with Crippen molar-refractivity contribution in [1.29, 1.82) is 0 Å². The maximum atomic E-state index is 11.5. The number of hydrogen-bond donors (Lipinski definition) is 1. The second kappa shape index (κ2) is 3.01. The average Bonchev–Trinajstić information content (AvgIpc) is 2.28. The average molecular weight is 174 g/mol. The molecule has 2 rings (SSSR count). The molecule has 0 radical (unpaired) electrons. The van der Waals surface area contributed by atoms with Gasteiger partial charge in [0.1, 0.15) is 5.82 Å². The van der Waals surface area contributed by atoms with Crippen LogP contribution in [0.2, 0.25) is 0 Å². The molecule has 0 atom stereocenters. The largest absolute Gasteiger partial charge is 0.310 e. The molecule has 1 aliphatic carbocycles. The first kappa shape index (κ1) is 7.98. The van der Waals surface area contributed by atoms with Gasteiger partial charge in [0, 0.05) is 0 Å². The second-order valence-corrected chi connectivity index (χ2v) is 2.99. The van der Waals surface area contributed by atoms with Gasteiger partial charge in [0.25, 0.3) is 5.56 Å². The zero-order valence-electron chi connectivity index (χ0n) is 7.37. The molecule has 0 saturated heterocycles. The van der Waals surface area contributed by atoms with Crippen molar-refractivity contribution in [2.24, 2.45) is 0 Å². The summed E-state index contributed by atoms with van der Waals surface area (Å²) in [5.74, 6) is 0.656. The van der Waals surface area contributed by atoms with E-state index in [1.807, 2.05) is 24.3 Å². The van der Waals surface area contributed by atoms with Crippen molar-refractivity contribution >= 4 is 12.2 Å². The number of allylic oxidation sites excluding steroid dienone is 2. The predicted octanol–water partition coefficient (Wildman–Crippen LogP) is 1.51. The van der Waals surface area contributed by atoms with Crippen LogP contribution in [-0.4, -0.2) is 9.97 Å². The summed E-state index contributed by atoms with van der Waals surface area (Å²) >= 11 is 0. The van der Waals surface area contributed by atoms with Crippen LogP contribution >= 0.6 is 0 Å². The van der Waals surface area contributed by atoms with Gasteiger partial charge in [0.15, 0.2) is 0 Å². The summed E-state index contributed by atoms with van der Waals surface area (Å²) in [6.07, 6.45) is 8.51. The highest BCUT2D eigenvalue weighted by molar-refractivity contribution is 5.63. The summed E-state index contributed by atoms with van der Waals surface area (Å²) in [6, 6.07) is 0. The molecule has 0 aliphatic heterocycles. The fraction of sp³-hybridized carbons (Fsp3) is 0.200. The Morgan fingerprint density at radius 2 is 2.15 bits per heavy atom. The van der Waals surface area contributed by atoms with Crippen molar-refractivity contribution in [3.63, 3.8) is 0 Å². The Kier molecular flexibility index (Phi) is 1.85. The number of nitrogens with zero attached hydrogens (tertiary/aromatic N) is 1. The minimum absolute atomic E-state index is 0.0645. The zero-order chi connectivity index (χ0) is 9.26. The van der Waals surface area contributed by atoms with Gasteiger partial charge >= 0.3 is 0 Å². The first-order chi connectivity index (χ1) is 6.27. The minimum Gasteiger partial charge on any atom is -0.310 e. The molecule has 1 aromatic rings. The van der Waals surface area contributed by atoms with Crippen LogP contribution in [0.5, 0.6) is 0 Å². The standard InChI is InChI=1S/C10H10N2O/c1-7-11-9-6-4-2-3-5-8(9)10(13)12-7/h3-6H,2H2,1H3,(H,11,12,13). The zero-order valence-corrected chi connectivity index (χ0v) is 7.37.